The van der Waals surface area contributed by atoms with Crippen molar-refractivity contribution in [1.29, 1.82) is 0 Å². The third kappa shape index (κ3) is 0.947. The van der Waals surface area contributed by atoms with Gasteiger partial charge in [0.2, 0.25) is 0 Å². The molecule has 0 unspecified atom stereocenters. The van der Waals surface area contributed by atoms with Gasteiger partial charge in [-0.1, -0.05) is 0 Å². The quantitative estimate of drug-likeness (QED) is 0.601. The van der Waals surface area contributed by atoms with Gasteiger partial charge in [0.25, 0.3) is 0 Å². The van der Waals surface area contributed by atoms with E-state index in [2.05, 4.69) is 15.3 Å². The van der Waals surface area contributed by atoms with Crippen molar-refractivity contribution in [3.8, 4) is 0 Å². The molecule has 2 aromatic heterocycles. The molecular weight excluding hydrogens is 144 g/mol. The van der Waals surface area contributed by atoms with Gasteiger partial charge in [-0.3, -0.25) is 0 Å². The minimum absolute atomic E-state index is 0.0614. The van der Waals surface area contributed by atoms with Gasteiger partial charge in [0.05, 0.1) is 12.3 Å². The smallest absolute Gasteiger partial charge is 0.177 e. The molecule has 1 N–H and O–H groups in total. The van der Waals surface area contributed by atoms with Crippen molar-refractivity contribution in [3.05, 3.63) is 24.2 Å². The van der Waals surface area contributed by atoms with Crippen molar-refractivity contribution < 1.29 is 5.11 Å². The van der Waals surface area contributed by atoms with Crippen LogP contribution < -0.4 is 0 Å². The van der Waals surface area contributed by atoms with Gasteiger partial charge in [0, 0.05) is 0 Å². The number of aromatic nitrogens is 4. The van der Waals surface area contributed by atoms with Crippen LogP contribution in [0.2, 0.25) is 0 Å². The van der Waals surface area contributed by atoms with Gasteiger partial charge in [-0.25, -0.2) is 4.52 Å². The zero-order chi connectivity index (χ0) is 7.68. The van der Waals surface area contributed by atoms with Gasteiger partial charge >= 0.3 is 0 Å². The third-order valence-electron chi connectivity index (χ3n) is 1.38. The Morgan fingerprint density at radius 3 is 3.18 bits per heavy atom. The first kappa shape index (κ1) is 6.23. The molecule has 0 saturated carbocycles. The van der Waals surface area contributed by atoms with Crippen molar-refractivity contribution in [1.82, 2.24) is 19.8 Å². The van der Waals surface area contributed by atoms with Gasteiger partial charge in [-0.15, -0.1) is 10.2 Å². The molecule has 2 aromatic rings. The van der Waals surface area contributed by atoms with Crippen LogP contribution in [0, 0.1) is 0 Å². The van der Waals surface area contributed by atoms with Gasteiger partial charge in [0.1, 0.15) is 6.33 Å². The lowest BCUT2D eigenvalue weighted by molar-refractivity contribution is 0.275. The first-order chi connectivity index (χ1) is 5.40. The topological polar surface area (TPSA) is 63.3 Å². The van der Waals surface area contributed by atoms with Crippen LogP contribution >= 0.6 is 0 Å². The molecule has 0 fully saturated rings. The average Bonchev–Trinajstić information content (AvgIpc) is 2.50. The van der Waals surface area contributed by atoms with Crippen molar-refractivity contribution >= 4 is 5.65 Å². The van der Waals surface area contributed by atoms with Gasteiger partial charge in [0.15, 0.2) is 5.65 Å². The summed E-state index contributed by atoms with van der Waals surface area (Å²) in [5.41, 5.74) is 1.29. The second-order valence-electron chi connectivity index (χ2n) is 2.12. The molecule has 0 spiro atoms. The van der Waals surface area contributed by atoms with E-state index in [0.717, 1.165) is 0 Å². The number of rotatable bonds is 1. The molecular formula is C6H6N4O. The number of fused-ring (bicyclic) bond motifs is 1. The Labute approximate surface area is 62.3 Å². The summed E-state index contributed by atoms with van der Waals surface area (Å²) in [7, 11) is 0. The second-order valence-corrected chi connectivity index (χ2v) is 2.12. The maximum Gasteiger partial charge on any atom is 0.177 e. The van der Waals surface area contributed by atoms with Gasteiger partial charge in [-0.2, -0.15) is 5.10 Å². The van der Waals surface area contributed by atoms with Crippen LogP contribution in [0.5, 0.6) is 0 Å². The second kappa shape index (κ2) is 2.28. The molecule has 0 bridgehead atoms. The van der Waals surface area contributed by atoms with Crippen molar-refractivity contribution in [2.75, 3.05) is 0 Å². The summed E-state index contributed by atoms with van der Waals surface area (Å²) in [4.78, 5) is 0. The molecule has 0 radical (unpaired) electrons. The van der Waals surface area contributed by atoms with Crippen molar-refractivity contribution in [2.45, 2.75) is 6.61 Å². The predicted octanol–water partition coefficient (Wildman–Crippen LogP) is -0.383. The van der Waals surface area contributed by atoms with Crippen molar-refractivity contribution in [3.63, 3.8) is 0 Å². The van der Waals surface area contributed by atoms with Crippen LogP contribution in [0.25, 0.3) is 5.65 Å². The van der Waals surface area contributed by atoms with E-state index < -0.39 is 0 Å². The molecule has 0 aromatic carbocycles. The zero-order valence-electron chi connectivity index (χ0n) is 5.68. The Morgan fingerprint density at radius 1 is 1.45 bits per heavy atom. The van der Waals surface area contributed by atoms with Gasteiger partial charge < -0.3 is 5.11 Å². The lowest BCUT2D eigenvalue weighted by atomic mass is 10.4. The Balaban J connectivity index is 2.67. The normalized spacial score (nSPS) is 10.6. The number of aliphatic hydroxyl groups excluding tert-OH is 1. The summed E-state index contributed by atoms with van der Waals surface area (Å²) < 4.78 is 1.52. The highest BCUT2D eigenvalue weighted by Crippen LogP contribution is 1.97. The molecule has 5 nitrogen and oxygen atoms in total. The lowest BCUT2D eigenvalue weighted by Crippen LogP contribution is -1.95. The third-order valence-corrected chi connectivity index (χ3v) is 1.38. The summed E-state index contributed by atoms with van der Waals surface area (Å²) in [5, 5.41) is 20.1. The fourth-order valence-corrected chi connectivity index (χ4v) is 0.852. The predicted molar refractivity (Wildman–Crippen MR) is 36.7 cm³/mol. The molecule has 0 aliphatic carbocycles. The van der Waals surface area contributed by atoms with E-state index in [4.69, 9.17) is 5.11 Å². The van der Waals surface area contributed by atoms with E-state index in [9.17, 15) is 0 Å². The molecule has 0 atom stereocenters. The summed E-state index contributed by atoms with van der Waals surface area (Å²) in [6.45, 7) is -0.0614. The fraction of sp³-hybridized carbons (Fsp3) is 0.167. The molecule has 11 heavy (non-hydrogen) atoms. The Hall–Kier alpha value is -1.49. The summed E-state index contributed by atoms with van der Waals surface area (Å²) in [5.74, 6) is 0. The van der Waals surface area contributed by atoms with Crippen LogP contribution in [0.4, 0.5) is 0 Å². The molecule has 0 amide bonds. The maximum atomic E-state index is 8.72. The highest BCUT2D eigenvalue weighted by Gasteiger charge is 1.96. The van der Waals surface area contributed by atoms with Gasteiger partial charge in [-0.05, 0) is 12.1 Å². The van der Waals surface area contributed by atoms with E-state index in [1.54, 1.807) is 12.1 Å². The molecule has 2 rings (SSSR count). The Bertz CT molecular complexity index is 369. The first-order valence-electron chi connectivity index (χ1n) is 3.17. The molecule has 5 heteroatoms. The number of hydrogen-bond donors (Lipinski definition) is 1. The Morgan fingerprint density at radius 2 is 2.36 bits per heavy atom. The van der Waals surface area contributed by atoms with E-state index in [1.807, 2.05) is 0 Å². The SMILES string of the molecule is OCc1ccc2nncn2n1. The summed E-state index contributed by atoms with van der Waals surface area (Å²) >= 11 is 0. The van der Waals surface area contributed by atoms with Crippen molar-refractivity contribution in [2.24, 2.45) is 0 Å². The zero-order valence-corrected chi connectivity index (χ0v) is 5.68. The van der Waals surface area contributed by atoms with Crippen LogP contribution in [0.1, 0.15) is 5.69 Å². The highest BCUT2D eigenvalue weighted by atomic mass is 16.3. The average molecular weight is 150 g/mol. The fourth-order valence-electron chi connectivity index (χ4n) is 0.852. The number of nitrogens with zero attached hydrogens (tertiary/aromatic N) is 4. The van der Waals surface area contributed by atoms with Crippen LogP contribution in [-0.2, 0) is 6.61 Å². The Kier molecular flexibility index (Phi) is 1.29. The van der Waals surface area contributed by atoms with Crippen LogP contribution in [-0.4, -0.2) is 24.9 Å². The van der Waals surface area contributed by atoms with E-state index in [-0.39, 0.29) is 6.61 Å². The standard InChI is InChI=1S/C6H6N4O/c11-3-5-1-2-6-8-7-4-10(6)9-5/h1-2,4,11H,3H2. The van der Waals surface area contributed by atoms with E-state index >= 15 is 0 Å². The van der Waals surface area contributed by atoms with E-state index in [1.165, 1.54) is 10.8 Å². The molecule has 0 saturated heterocycles. The minimum atomic E-state index is -0.0614. The molecule has 2 heterocycles. The molecule has 56 valence electrons. The monoisotopic (exact) mass is 150 g/mol. The van der Waals surface area contributed by atoms with Crippen LogP contribution in [0.15, 0.2) is 18.5 Å². The largest absolute Gasteiger partial charge is 0.390 e. The number of hydrogen-bond acceptors (Lipinski definition) is 4. The molecule has 0 aliphatic rings. The van der Waals surface area contributed by atoms with E-state index in [0.29, 0.717) is 11.3 Å². The maximum absolute atomic E-state index is 8.72. The summed E-state index contributed by atoms with van der Waals surface area (Å²) in [6, 6.07) is 3.47. The first-order valence-corrected chi connectivity index (χ1v) is 3.17. The number of aliphatic hydroxyl groups is 1. The van der Waals surface area contributed by atoms with Crippen LogP contribution in [0.3, 0.4) is 0 Å². The minimum Gasteiger partial charge on any atom is -0.390 e. The summed E-state index contributed by atoms with van der Waals surface area (Å²) in [6.07, 6.45) is 1.49. The highest BCUT2D eigenvalue weighted by molar-refractivity contribution is 5.34. The lowest BCUT2D eigenvalue weighted by Gasteiger charge is -1.93. The molecule has 0 aliphatic heterocycles.